The number of likely N-dealkylation sites (N-methyl/N-ethyl adjacent to an activating group) is 1. The first-order valence-electron chi connectivity index (χ1n) is 6.84. The van der Waals surface area contributed by atoms with Gasteiger partial charge < -0.3 is 10.2 Å². The molecule has 0 aliphatic carbocycles. The van der Waals surface area contributed by atoms with E-state index >= 15 is 0 Å². The van der Waals surface area contributed by atoms with Gasteiger partial charge in [-0.25, -0.2) is 0 Å². The van der Waals surface area contributed by atoms with Gasteiger partial charge in [0.05, 0.1) is 0 Å². The van der Waals surface area contributed by atoms with Gasteiger partial charge in [0.2, 0.25) is 5.91 Å². The van der Waals surface area contributed by atoms with Crippen molar-refractivity contribution in [2.75, 3.05) is 17.3 Å². The summed E-state index contributed by atoms with van der Waals surface area (Å²) in [5.41, 5.74) is 4.41. The van der Waals surface area contributed by atoms with E-state index < -0.39 is 0 Å². The average Bonchev–Trinajstić information content (AvgIpc) is 2.90. The van der Waals surface area contributed by atoms with Crippen LogP contribution < -0.4 is 10.2 Å². The van der Waals surface area contributed by atoms with Crippen molar-refractivity contribution >= 4 is 17.3 Å². The molecule has 0 saturated carbocycles. The Hall–Kier alpha value is -2.29. The smallest absolute Gasteiger partial charge is 0.249 e. The van der Waals surface area contributed by atoms with Crippen molar-refractivity contribution in [3.05, 3.63) is 59.7 Å². The highest BCUT2D eigenvalue weighted by molar-refractivity contribution is 5.99. The topological polar surface area (TPSA) is 32.3 Å². The van der Waals surface area contributed by atoms with Crippen molar-refractivity contribution in [2.24, 2.45) is 0 Å². The van der Waals surface area contributed by atoms with Crippen LogP contribution in [0.4, 0.5) is 11.4 Å². The third-order valence-corrected chi connectivity index (χ3v) is 3.82. The SMILES string of the molecule is Cc1ccc(N(C)C(=O)C2Cc3ccccc3N2)cc1. The molecule has 20 heavy (non-hydrogen) atoms. The number of aryl methyl sites for hydroxylation is 1. The van der Waals surface area contributed by atoms with E-state index in [2.05, 4.69) is 11.4 Å². The normalized spacial score (nSPS) is 16.4. The van der Waals surface area contributed by atoms with Crippen LogP contribution in [0.5, 0.6) is 0 Å². The lowest BCUT2D eigenvalue weighted by Gasteiger charge is -2.21. The Morgan fingerprint density at radius 3 is 2.55 bits per heavy atom. The minimum atomic E-state index is -0.168. The fourth-order valence-corrected chi connectivity index (χ4v) is 2.58. The molecule has 1 aliphatic heterocycles. The Morgan fingerprint density at radius 1 is 1.15 bits per heavy atom. The minimum Gasteiger partial charge on any atom is -0.373 e. The van der Waals surface area contributed by atoms with Gasteiger partial charge >= 0.3 is 0 Å². The number of nitrogens with zero attached hydrogens (tertiary/aromatic N) is 1. The fraction of sp³-hybridized carbons (Fsp3) is 0.235. The summed E-state index contributed by atoms with van der Waals surface area (Å²) >= 11 is 0. The second-order valence-corrected chi connectivity index (χ2v) is 5.29. The monoisotopic (exact) mass is 266 g/mol. The van der Waals surface area contributed by atoms with Gasteiger partial charge in [0.1, 0.15) is 6.04 Å². The number of fused-ring (bicyclic) bond motifs is 1. The molecule has 3 rings (SSSR count). The van der Waals surface area contributed by atoms with E-state index in [4.69, 9.17) is 0 Å². The largest absolute Gasteiger partial charge is 0.373 e. The summed E-state index contributed by atoms with van der Waals surface area (Å²) in [6.45, 7) is 2.04. The Kier molecular flexibility index (Phi) is 3.18. The summed E-state index contributed by atoms with van der Waals surface area (Å²) in [7, 11) is 1.83. The molecule has 1 atom stereocenters. The number of amides is 1. The van der Waals surface area contributed by atoms with Crippen LogP contribution in [0.1, 0.15) is 11.1 Å². The Bertz CT molecular complexity index is 609. The van der Waals surface area contributed by atoms with E-state index in [-0.39, 0.29) is 11.9 Å². The lowest BCUT2D eigenvalue weighted by molar-refractivity contribution is -0.118. The zero-order chi connectivity index (χ0) is 14.1. The van der Waals surface area contributed by atoms with Gasteiger partial charge in [-0.05, 0) is 30.7 Å². The molecule has 1 heterocycles. The van der Waals surface area contributed by atoms with Crippen LogP contribution >= 0.6 is 0 Å². The van der Waals surface area contributed by atoms with Crippen LogP contribution in [0.2, 0.25) is 0 Å². The van der Waals surface area contributed by atoms with E-state index in [1.54, 1.807) is 4.90 Å². The molecule has 0 fully saturated rings. The summed E-state index contributed by atoms with van der Waals surface area (Å²) < 4.78 is 0. The van der Waals surface area contributed by atoms with E-state index in [1.165, 1.54) is 11.1 Å². The summed E-state index contributed by atoms with van der Waals surface area (Å²) in [6, 6.07) is 15.9. The number of carbonyl (C=O) groups excluding carboxylic acids is 1. The maximum Gasteiger partial charge on any atom is 0.249 e. The van der Waals surface area contributed by atoms with Crippen LogP contribution in [-0.2, 0) is 11.2 Å². The second-order valence-electron chi connectivity index (χ2n) is 5.29. The molecule has 2 aromatic rings. The summed E-state index contributed by atoms with van der Waals surface area (Å²) in [6.07, 6.45) is 0.755. The van der Waals surface area contributed by atoms with Gasteiger partial charge in [-0.15, -0.1) is 0 Å². The van der Waals surface area contributed by atoms with Crippen molar-refractivity contribution in [3.63, 3.8) is 0 Å². The van der Waals surface area contributed by atoms with E-state index in [0.717, 1.165) is 17.8 Å². The van der Waals surface area contributed by atoms with Crippen LogP contribution in [0.3, 0.4) is 0 Å². The molecule has 0 spiro atoms. The molecule has 1 aliphatic rings. The number of anilines is 2. The Morgan fingerprint density at radius 2 is 1.85 bits per heavy atom. The van der Waals surface area contributed by atoms with Gasteiger partial charge in [-0.2, -0.15) is 0 Å². The third kappa shape index (κ3) is 2.27. The number of rotatable bonds is 2. The molecule has 0 aromatic heterocycles. The van der Waals surface area contributed by atoms with Crippen molar-refractivity contribution in [1.29, 1.82) is 0 Å². The number of benzene rings is 2. The highest BCUT2D eigenvalue weighted by atomic mass is 16.2. The molecule has 0 radical (unpaired) electrons. The van der Waals surface area contributed by atoms with Crippen LogP contribution in [0, 0.1) is 6.92 Å². The summed E-state index contributed by atoms with van der Waals surface area (Å²) in [5.74, 6) is 0.102. The molecule has 1 unspecified atom stereocenters. The maximum atomic E-state index is 12.6. The lowest BCUT2D eigenvalue weighted by Crippen LogP contribution is -2.39. The van der Waals surface area contributed by atoms with E-state index in [1.807, 2.05) is 56.4 Å². The fourth-order valence-electron chi connectivity index (χ4n) is 2.58. The number of hydrogen-bond donors (Lipinski definition) is 1. The first kappa shape index (κ1) is 12.7. The first-order chi connectivity index (χ1) is 9.65. The Labute approximate surface area is 119 Å². The third-order valence-electron chi connectivity index (χ3n) is 3.82. The number of carbonyl (C=O) groups is 1. The van der Waals surface area contributed by atoms with Crippen molar-refractivity contribution in [3.8, 4) is 0 Å². The maximum absolute atomic E-state index is 12.6. The predicted molar refractivity (Wildman–Crippen MR) is 82.1 cm³/mol. The molecular formula is C17H18N2O. The molecule has 0 saturated heterocycles. The first-order valence-corrected chi connectivity index (χ1v) is 6.84. The standard InChI is InChI=1S/C17H18N2O/c1-12-7-9-14(10-8-12)19(2)17(20)16-11-13-5-3-4-6-15(13)18-16/h3-10,16,18H,11H2,1-2H3. The van der Waals surface area contributed by atoms with Gasteiger partial charge in [0.15, 0.2) is 0 Å². The van der Waals surface area contributed by atoms with Crippen molar-refractivity contribution in [2.45, 2.75) is 19.4 Å². The Balaban J connectivity index is 1.76. The van der Waals surface area contributed by atoms with Crippen LogP contribution in [-0.4, -0.2) is 19.0 Å². The van der Waals surface area contributed by atoms with Gasteiger partial charge in [-0.1, -0.05) is 35.9 Å². The van der Waals surface area contributed by atoms with Gasteiger partial charge in [0, 0.05) is 24.8 Å². The lowest BCUT2D eigenvalue weighted by atomic mass is 10.1. The molecule has 0 bridgehead atoms. The van der Waals surface area contributed by atoms with Gasteiger partial charge in [-0.3, -0.25) is 4.79 Å². The minimum absolute atomic E-state index is 0.102. The van der Waals surface area contributed by atoms with E-state index in [0.29, 0.717) is 0 Å². The molecular weight excluding hydrogens is 248 g/mol. The average molecular weight is 266 g/mol. The van der Waals surface area contributed by atoms with Crippen LogP contribution in [0.25, 0.3) is 0 Å². The van der Waals surface area contributed by atoms with Gasteiger partial charge in [0.25, 0.3) is 0 Å². The highest BCUT2D eigenvalue weighted by Gasteiger charge is 2.28. The van der Waals surface area contributed by atoms with Crippen molar-refractivity contribution < 1.29 is 4.79 Å². The quantitative estimate of drug-likeness (QED) is 0.906. The molecule has 102 valence electrons. The highest BCUT2D eigenvalue weighted by Crippen LogP contribution is 2.27. The van der Waals surface area contributed by atoms with Crippen LogP contribution in [0.15, 0.2) is 48.5 Å². The zero-order valence-corrected chi connectivity index (χ0v) is 11.8. The summed E-state index contributed by atoms with van der Waals surface area (Å²) in [4.78, 5) is 14.3. The molecule has 3 heteroatoms. The van der Waals surface area contributed by atoms with E-state index in [9.17, 15) is 4.79 Å². The molecule has 2 aromatic carbocycles. The zero-order valence-electron chi connectivity index (χ0n) is 11.8. The van der Waals surface area contributed by atoms with Crippen molar-refractivity contribution in [1.82, 2.24) is 0 Å². The predicted octanol–water partition coefficient (Wildman–Crippen LogP) is 2.99. The number of nitrogens with one attached hydrogen (secondary N) is 1. The number of hydrogen-bond acceptors (Lipinski definition) is 2. The molecule has 1 amide bonds. The number of para-hydroxylation sites is 1. The molecule has 1 N–H and O–H groups in total. The molecule has 3 nitrogen and oxygen atoms in total. The summed E-state index contributed by atoms with van der Waals surface area (Å²) in [5, 5.41) is 3.31. The second kappa shape index (κ2) is 5.00.